The predicted molar refractivity (Wildman–Crippen MR) is 116 cm³/mol. The molecule has 29 heavy (non-hydrogen) atoms. The second-order valence-corrected chi connectivity index (χ2v) is 9.08. The molecule has 6 nitrogen and oxygen atoms in total. The van der Waals surface area contributed by atoms with Crippen molar-refractivity contribution in [2.75, 3.05) is 18.4 Å². The third-order valence-electron chi connectivity index (χ3n) is 4.72. The molecule has 0 radical (unpaired) electrons. The van der Waals surface area contributed by atoms with Crippen LogP contribution in [0.4, 0.5) is 5.69 Å². The van der Waals surface area contributed by atoms with E-state index in [9.17, 15) is 13.2 Å². The SMILES string of the molecule is CCN(CC)S(=O)(=O)c1cc(C)c(C)c(NC(=O)C(C)Oc2cccc(Cl)c2)c1. The topological polar surface area (TPSA) is 75.7 Å². The third kappa shape index (κ3) is 5.50. The Labute approximate surface area is 177 Å². The monoisotopic (exact) mass is 438 g/mol. The molecule has 1 unspecified atom stereocenters. The van der Waals surface area contributed by atoms with Crippen LogP contribution in [0.25, 0.3) is 0 Å². The molecule has 0 spiro atoms. The Hall–Kier alpha value is -2.09. The van der Waals surface area contributed by atoms with Gasteiger partial charge in [0, 0.05) is 23.8 Å². The smallest absolute Gasteiger partial charge is 0.265 e. The standard InChI is InChI=1S/C21H27ClN2O4S/c1-6-24(7-2)29(26,27)19-11-14(3)15(4)20(13-19)23-21(25)16(5)28-18-10-8-9-17(22)12-18/h8-13,16H,6-7H2,1-5H3,(H,23,25). The molecule has 2 aromatic rings. The maximum Gasteiger partial charge on any atom is 0.265 e. The van der Waals surface area contributed by atoms with Crippen molar-refractivity contribution in [3.8, 4) is 5.75 Å². The summed E-state index contributed by atoms with van der Waals surface area (Å²) in [5, 5.41) is 3.30. The van der Waals surface area contributed by atoms with Crippen LogP contribution in [0.2, 0.25) is 5.02 Å². The van der Waals surface area contributed by atoms with Crippen molar-refractivity contribution < 1.29 is 17.9 Å². The average molecular weight is 439 g/mol. The van der Waals surface area contributed by atoms with Crippen LogP contribution in [0.5, 0.6) is 5.75 Å². The van der Waals surface area contributed by atoms with Crippen LogP contribution in [0.15, 0.2) is 41.3 Å². The summed E-state index contributed by atoms with van der Waals surface area (Å²) in [5.74, 6) is 0.0933. The van der Waals surface area contributed by atoms with Crippen molar-refractivity contribution in [2.24, 2.45) is 0 Å². The van der Waals surface area contributed by atoms with Crippen LogP contribution >= 0.6 is 11.6 Å². The number of rotatable bonds is 8. The number of ether oxygens (including phenoxy) is 1. The molecule has 0 aliphatic rings. The van der Waals surface area contributed by atoms with Crippen LogP contribution in [0, 0.1) is 13.8 Å². The minimum absolute atomic E-state index is 0.156. The lowest BCUT2D eigenvalue weighted by Crippen LogP contribution is -2.32. The molecule has 0 fully saturated rings. The van der Waals surface area contributed by atoms with Gasteiger partial charge < -0.3 is 10.1 Å². The van der Waals surface area contributed by atoms with Gasteiger partial charge in [0.1, 0.15) is 5.75 Å². The van der Waals surface area contributed by atoms with Gasteiger partial charge in [-0.15, -0.1) is 0 Å². The van der Waals surface area contributed by atoms with Crippen LogP contribution in [0.3, 0.4) is 0 Å². The first-order chi connectivity index (χ1) is 13.6. The molecular formula is C21H27ClN2O4S. The van der Waals surface area contributed by atoms with E-state index in [4.69, 9.17) is 16.3 Å². The van der Waals surface area contributed by atoms with Gasteiger partial charge in [-0.3, -0.25) is 4.79 Å². The lowest BCUT2D eigenvalue weighted by atomic mass is 10.1. The van der Waals surface area contributed by atoms with Crippen molar-refractivity contribution in [1.82, 2.24) is 4.31 Å². The van der Waals surface area contributed by atoms with E-state index in [0.717, 1.165) is 11.1 Å². The number of amides is 1. The van der Waals surface area contributed by atoms with E-state index in [1.165, 1.54) is 10.4 Å². The number of hydrogen-bond donors (Lipinski definition) is 1. The number of carbonyl (C=O) groups is 1. The number of nitrogens with one attached hydrogen (secondary N) is 1. The van der Waals surface area contributed by atoms with Gasteiger partial charge in [0.15, 0.2) is 6.10 Å². The molecule has 0 aromatic heterocycles. The molecule has 2 rings (SSSR count). The molecule has 0 aliphatic heterocycles. The van der Waals surface area contributed by atoms with Crippen LogP contribution in [-0.4, -0.2) is 37.8 Å². The Kier molecular flexibility index (Phi) is 7.68. The molecule has 1 amide bonds. The first-order valence-electron chi connectivity index (χ1n) is 9.44. The fourth-order valence-electron chi connectivity index (χ4n) is 2.85. The highest BCUT2D eigenvalue weighted by Crippen LogP contribution is 2.27. The molecule has 0 saturated carbocycles. The Balaban J connectivity index is 2.28. The minimum Gasteiger partial charge on any atom is -0.481 e. The fourth-order valence-corrected chi connectivity index (χ4v) is 4.60. The summed E-state index contributed by atoms with van der Waals surface area (Å²) in [7, 11) is -3.64. The normalized spacial score (nSPS) is 12.7. The summed E-state index contributed by atoms with van der Waals surface area (Å²) in [6, 6.07) is 9.91. The molecule has 158 valence electrons. The summed E-state index contributed by atoms with van der Waals surface area (Å²) in [4.78, 5) is 12.8. The molecule has 2 aromatic carbocycles. The number of benzene rings is 2. The number of hydrogen-bond acceptors (Lipinski definition) is 4. The van der Waals surface area contributed by atoms with E-state index >= 15 is 0 Å². The maximum absolute atomic E-state index is 12.9. The first kappa shape index (κ1) is 23.2. The zero-order valence-corrected chi connectivity index (χ0v) is 18.9. The number of aryl methyl sites for hydroxylation is 1. The number of halogens is 1. The lowest BCUT2D eigenvalue weighted by molar-refractivity contribution is -0.122. The van der Waals surface area contributed by atoms with Gasteiger partial charge in [-0.2, -0.15) is 4.31 Å². The summed E-state index contributed by atoms with van der Waals surface area (Å²) in [6.45, 7) is 9.60. The first-order valence-corrected chi connectivity index (χ1v) is 11.3. The summed E-state index contributed by atoms with van der Waals surface area (Å²) in [6.07, 6.45) is -0.795. The highest BCUT2D eigenvalue weighted by molar-refractivity contribution is 7.89. The molecule has 0 saturated heterocycles. The molecule has 1 atom stereocenters. The number of sulfonamides is 1. The van der Waals surface area contributed by atoms with Gasteiger partial charge in [-0.1, -0.05) is 31.5 Å². The molecule has 0 heterocycles. The van der Waals surface area contributed by atoms with E-state index in [2.05, 4.69) is 5.32 Å². The van der Waals surface area contributed by atoms with Crippen molar-refractivity contribution in [2.45, 2.75) is 45.6 Å². The average Bonchev–Trinajstić information content (AvgIpc) is 2.65. The largest absolute Gasteiger partial charge is 0.481 e. The Morgan fingerprint density at radius 1 is 1.17 bits per heavy atom. The van der Waals surface area contributed by atoms with Gasteiger partial charge in [-0.25, -0.2) is 8.42 Å². The highest BCUT2D eigenvalue weighted by Gasteiger charge is 2.24. The van der Waals surface area contributed by atoms with Gasteiger partial charge in [0.05, 0.1) is 4.90 Å². The summed E-state index contributed by atoms with van der Waals surface area (Å²) < 4.78 is 32.8. The maximum atomic E-state index is 12.9. The van der Waals surface area contributed by atoms with Crippen molar-refractivity contribution in [3.63, 3.8) is 0 Å². The Morgan fingerprint density at radius 3 is 2.41 bits per heavy atom. The van der Waals surface area contributed by atoms with Crippen LogP contribution < -0.4 is 10.1 Å². The Bertz CT molecular complexity index is 988. The van der Waals surface area contributed by atoms with Gasteiger partial charge in [0.25, 0.3) is 5.91 Å². The summed E-state index contributed by atoms with van der Waals surface area (Å²) in [5.41, 5.74) is 2.02. The Morgan fingerprint density at radius 2 is 1.83 bits per heavy atom. The molecular weight excluding hydrogens is 412 g/mol. The van der Waals surface area contributed by atoms with Crippen LogP contribution in [0.1, 0.15) is 31.9 Å². The van der Waals surface area contributed by atoms with E-state index < -0.39 is 16.1 Å². The molecule has 8 heteroatoms. The number of nitrogens with zero attached hydrogens (tertiary/aromatic N) is 1. The number of anilines is 1. The summed E-state index contributed by atoms with van der Waals surface area (Å²) >= 11 is 5.94. The molecule has 0 bridgehead atoms. The van der Waals surface area contributed by atoms with Crippen molar-refractivity contribution in [1.29, 1.82) is 0 Å². The van der Waals surface area contributed by atoms with Crippen molar-refractivity contribution >= 4 is 33.2 Å². The van der Waals surface area contributed by atoms with Gasteiger partial charge in [0.2, 0.25) is 10.0 Å². The molecule has 1 N–H and O–H groups in total. The number of carbonyl (C=O) groups excluding carboxylic acids is 1. The second-order valence-electron chi connectivity index (χ2n) is 6.71. The van der Waals surface area contributed by atoms with E-state index in [1.54, 1.807) is 51.1 Å². The third-order valence-corrected chi connectivity index (χ3v) is 6.98. The second kappa shape index (κ2) is 9.61. The van der Waals surface area contributed by atoms with Crippen LogP contribution in [-0.2, 0) is 14.8 Å². The minimum atomic E-state index is -3.64. The highest BCUT2D eigenvalue weighted by atomic mass is 35.5. The predicted octanol–water partition coefficient (Wildman–Crippen LogP) is 4.39. The quantitative estimate of drug-likeness (QED) is 0.663. The zero-order valence-electron chi connectivity index (χ0n) is 17.3. The van der Waals surface area contributed by atoms with Gasteiger partial charge >= 0.3 is 0 Å². The fraction of sp³-hybridized carbons (Fsp3) is 0.381. The van der Waals surface area contributed by atoms with E-state index in [1.807, 2.05) is 13.8 Å². The van der Waals surface area contributed by atoms with E-state index in [0.29, 0.717) is 29.5 Å². The lowest BCUT2D eigenvalue weighted by Gasteiger charge is -2.21. The van der Waals surface area contributed by atoms with Gasteiger partial charge in [-0.05, 0) is 62.2 Å². The zero-order chi connectivity index (χ0) is 21.8. The van der Waals surface area contributed by atoms with Crippen molar-refractivity contribution in [3.05, 3.63) is 52.5 Å². The van der Waals surface area contributed by atoms with E-state index in [-0.39, 0.29) is 10.8 Å². The molecule has 0 aliphatic carbocycles.